The van der Waals surface area contributed by atoms with Gasteiger partial charge in [0.15, 0.2) is 13.6 Å². The predicted octanol–water partition coefficient (Wildman–Crippen LogP) is 2.38. The minimum Gasteiger partial charge on any atom is -0.486 e. The van der Waals surface area contributed by atoms with Crippen molar-refractivity contribution in [3.05, 3.63) is 29.6 Å². The van der Waals surface area contributed by atoms with Crippen LogP contribution in [0.25, 0.3) is 0 Å². The number of fused-ring (bicyclic) bond motifs is 1. The molecule has 4 aliphatic rings. The van der Waals surface area contributed by atoms with Crippen LogP contribution in [0.1, 0.15) is 50.5 Å². The van der Waals surface area contributed by atoms with E-state index in [1.54, 1.807) is 11.0 Å². The zero-order chi connectivity index (χ0) is 25.3. The number of carbonyl (C=O) groups is 1. The van der Waals surface area contributed by atoms with Crippen molar-refractivity contribution in [1.29, 1.82) is 0 Å². The van der Waals surface area contributed by atoms with Crippen LogP contribution in [0.15, 0.2) is 23.4 Å². The fourth-order valence-electron chi connectivity index (χ4n) is 6.27. The van der Waals surface area contributed by atoms with Gasteiger partial charge in [-0.2, -0.15) is 0 Å². The zero-order valence-corrected chi connectivity index (χ0v) is 21.5. The highest BCUT2D eigenvalue weighted by molar-refractivity contribution is 6.04. The summed E-state index contributed by atoms with van der Waals surface area (Å²) in [7, 11) is 3.63. The number of benzene rings is 1. The minimum atomic E-state index is -1.78. The van der Waals surface area contributed by atoms with Gasteiger partial charge in [-0.1, -0.05) is 5.16 Å². The number of carbonyl (C=O) groups excluding carboxylic acids is 1. The SMILES string of the molecule is BN1CCC(CN2CCC(F)(C(=O)N3CCC4(CC3)C/C(=N\OC)c3cc(F)ccc3O4)CC2)CC1. The summed E-state index contributed by atoms with van der Waals surface area (Å²) in [6.07, 6.45) is 4.51. The Labute approximate surface area is 213 Å². The first kappa shape index (κ1) is 25.5. The lowest BCUT2D eigenvalue weighted by atomic mass is 9.81. The van der Waals surface area contributed by atoms with Crippen molar-refractivity contribution >= 4 is 19.6 Å². The lowest BCUT2D eigenvalue weighted by molar-refractivity contribution is -0.151. The van der Waals surface area contributed by atoms with Crippen LogP contribution in [0.2, 0.25) is 0 Å². The normalized spacial score (nSPS) is 26.0. The van der Waals surface area contributed by atoms with E-state index in [2.05, 4.69) is 22.8 Å². The van der Waals surface area contributed by atoms with Crippen LogP contribution in [-0.2, 0) is 9.63 Å². The van der Waals surface area contributed by atoms with E-state index in [1.165, 1.54) is 32.1 Å². The van der Waals surface area contributed by atoms with Crippen LogP contribution >= 0.6 is 0 Å². The molecule has 1 aromatic carbocycles. The Balaban J connectivity index is 1.17. The van der Waals surface area contributed by atoms with Gasteiger partial charge in [0, 0.05) is 70.4 Å². The molecule has 0 bridgehead atoms. The molecule has 0 atom stereocenters. The summed E-state index contributed by atoms with van der Waals surface area (Å²) < 4.78 is 36.0. The molecule has 4 heterocycles. The molecule has 1 amide bonds. The second kappa shape index (κ2) is 10.3. The molecular weight excluding hydrogens is 465 g/mol. The van der Waals surface area contributed by atoms with Crippen LogP contribution in [0.3, 0.4) is 0 Å². The number of rotatable bonds is 4. The molecule has 0 N–H and O–H groups in total. The van der Waals surface area contributed by atoms with Crippen LogP contribution in [-0.4, -0.2) is 98.4 Å². The molecule has 196 valence electrons. The second-order valence-corrected chi connectivity index (χ2v) is 11.1. The van der Waals surface area contributed by atoms with Crippen molar-refractivity contribution in [2.24, 2.45) is 11.1 Å². The maximum atomic E-state index is 15.9. The summed E-state index contributed by atoms with van der Waals surface area (Å²) in [5.74, 6) is 0.506. The van der Waals surface area contributed by atoms with E-state index >= 15 is 4.39 Å². The molecule has 0 aromatic heterocycles. The Morgan fingerprint density at radius 1 is 1.14 bits per heavy atom. The largest absolute Gasteiger partial charge is 0.486 e. The van der Waals surface area contributed by atoms with Crippen LogP contribution in [0.4, 0.5) is 8.78 Å². The Hall–Kier alpha value is -2.20. The monoisotopic (exact) mass is 502 g/mol. The number of piperidine rings is 3. The third-order valence-electron chi connectivity index (χ3n) is 8.62. The van der Waals surface area contributed by atoms with E-state index in [-0.39, 0.29) is 24.6 Å². The average Bonchev–Trinajstić information content (AvgIpc) is 2.88. The van der Waals surface area contributed by atoms with Gasteiger partial charge in [-0.25, -0.2) is 8.78 Å². The van der Waals surface area contributed by atoms with E-state index in [0.717, 1.165) is 19.6 Å². The van der Waals surface area contributed by atoms with Gasteiger partial charge in [0.1, 0.15) is 24.3 Å². The lowest BCUT2D eigenvalue weighted by Gasteiger charge is -2.46. The molecule has 10 heteroatoms. The summed E-state index contributed by atoms with van der Waals surface area (Å²) in [5.41, 5.74) is -1.11. The maximum Gasteiger partial charge on any atom is 0.260 e. The number of alkyl halides is 1. The molecule has 0 aliphatic carbocycles. The molecule has 1 aromatic rings. The standard InChI is InChI=1S/C26H37BF2N4O3/c1-35-30-22-17-25(36-23-3-2-20(28)16-21(22)23)6-14-32(15-7-25)24(34)26(29)8-12-31(13-9-26)18-19-4-10-33(27)11-5-19/h2-3,16,19H,4-15,17-18,27H2,1H3/b30-22+. The third kappa shape index (κ3) is 5.25. The summed E-state index contributed by atoms with van der Waals surface area (Å²) in [4.78, 5) is 24.7. The minimum absolute atomic E-state index is 0.264. The number of hydrogen-bond acceptors (Lipinski definition) is 6. The molecule has 0 saturated carbocycles. The van der Waals surface area contributed by atoms with E-state index in [4.69, 9.17) is 9.57 Å². The molecule has 0 unspecified atom stereocenters. The second-order valence-electron chi connectivity index (χ2n) is 11.1. The molecular formula is C26H37BF2N4O3. The van der Waals surface area contributed by atoms with E-state index in [9.17, 15) is 9.18 Å². The highest BCUT2D eigenvalue weighted by atomic mass is 19.1. The molecule has 36 heavy (non-hydrogen) atoms. The van der Waals surface area contributed by atoms with Gasteiger partial charge < -0.3 is 24.2 Å². The van der Waals surface area contributed by atoms with Gasteiger partial charge in [0.25, 0.3) is 5.91 Å². The van der Waals surface area contributed by atoms with Gasteiger partial charge in [-0.05, 0) is 50.0 Å². The van der Waals surface area contributed by atoms with E-state index < -0.39 is 11.3 Å². The number of likely N-dealkylation sites (tertiary alicyclic amines) is 2. The fraction of sp³-hybridized carbons (Fsp3) is 0.692. The summed E-state index contributed by atoms with van der Waals surface area (Å²) in [5, 5.41) is 4.13. The predicted molar refractivity (Wildman–Crippen MR) is 136 cm³/mol. The van der Waals surface area contributed by atoms with Crippen molar-refractivity contribution in [1.82, 2.24) is 14.6 Å². The van der Waals surface area contributed by atoms with Crippen LogP contribution < -0.4 is 4.74 Å². The molecule has 3 saturated heterocycles. The highest BCUT2D eigenvalue weighted by Crippen LogP contribution is 2.41. The van der Waals surface area contributed by atoms with E-state index in [1.807, 2.05) is 0 Å². The van der Waals surface area contributed by atoms with Crippen molar-refractivity contribution < 1.29 is 23.1 Å². The molecule has 3 fully saturated rings. The van der Waals surface area contributed by atoms with Crippen LogP contribution in [0, 0.1) is 11.7 Å². The Bertz CT molecular complexity index is 985. The first-order chi connectivity index (χ1) is 17.3. The van der Waals surface area contributed by atoms with E-state index in [0.29, 0.717) is 68.4 Å². The van der Waals surface area contributed by atoms with Gasteiger partial charge in [0.05, 0.1) is 5.71 Å². The zero-order valence-electron chi connectivity index (χ0n) is 21.5. The topological polar surface area (TPSA) is 57.6 Å². The van der Waals surface area contributed by atoms with Gasteiger partial charge in [-0.3, -0.25) is 4.79 Å². The summed E-state index contributed by atoms with van der Waals surface area (Å²) >= 11 is 0. The van der Waals surface area contributed by atoms with Gasteiger partial charge in [0.2, 0.25) is 0 Å². The molecule has 1 spiro atoms. The number of oxime groups is 1. The molecule has 5 rings (SSSR count). The quantitative estimate of drug-likeness (QED) is 0.468. The fourth-order valence-corrected chi connectivity index (χ4v) is 6.27. The number of nitrogens with zero attached hydrogens (tertiary/aromatic N) is 4. The number of hydrogen-bond donors (Lipinski definition) is 0. The summed E-state index contributed by atoms with van der Waals surface area (Å²) in [6, 6.07) is 4.39. The first-order valence-electron chi connectivity index (χ1n) is 13.3. The first-order valence-corrected chi connectivity index (χ1v) is 13.3. The average molecular weight is 502 g/mol. The molecule has 0 radical (unpaired) electrons. The van der Waals surface area contributed by atoms with Crippen molar-refractivity contribution in [2.75, 3.05) is 52.9 Å². The molecule has 4 aliphatic heterocycles. The highest BCUT2D eigenvalue weighted by Gasteiger charge is 2.48. The third-order valence-corrected chi connectivity index (χ3v) is 8.62. The lowest BCUT2D eigenvalue weighted by Crippen LogP contribution is -2.58. The number of amides is 1. The Morgan fingerprint density at radius 2 is 1.83 bits per heavy atom. The van der Waals surface area contributed by atoms with Crippen molar-refractivity contribution in [3.63, 3.8) is 0 Å². The number of ether oxygens (including phenoxy) is 1. The molecule has 7 nitrogen and oxygen atoms in total. The summed E-state index contributed by atoms with van der Waals surface area (Å²) in [6.45, 7) is 5.41. The smallest absolute Gasteiger partial charge is 0.260 e. The maximum absolute atomic E-state index is 15.9. The Morgan fingerprint density at radius 3 is 2.50 bits per heavy atom. The Kier molecular flexibility index (Phi) is 7.27. The van der Waals surface area contributed by atoms with Crippen LogP contribution in [0.5, 0.6) is 5.75 Å². The van der Waals surface area contributed by atoms with Crippen molar-refractivity contribution in [2.45, 2.75) is 56.2 Å². The number of halogens is 2. The van der Waals surface area contributed by atoms with Gasteiger partial charge in [-0.15, -0.1) is 0 Å². The van der Waals surface area contributed by atoms with Gasteiger partial charge >= 0.3 is 0 Å². The van der Waals surface area contributed by atoms with Crippen molar-refractivity contribution in [3.8, 4) is 5.75 Å².